The SMILES string of the molecule is COC(=O)/C=C1\CN=C(c2ccccc2)c2c(OC)cccc2N1C. The Hall–Kier alpha value is -3.08. The number of benzodiazepines with no additional fused rings is 1. The molecule has 1 aliphatic heterocycles. The minimum Gasteiger partial charge on any atom is -0.496 e. The van der Waals surface area contributed by atoms with Crippen LogP contribution in [0.4, 0.5) is 5.69 Å². The molecule has 1 heterocycles. The molecule has 0 unspecified atom stereocenters. The predicted octanol–water partition coefficient (Wildman–Crippen LogP) is 3.04. The molecule has 0 spiro atoms. The Bertz CT molecular complexity index is 841. The molecule has 0 fully saturated rings. The largest absolute Gasteiger partial charge is 0.496 e. The highest BCUT2D eigenvalue weighted by Crippen LogP contribution is 2.35. The van der Waals surface area contributed by atoms with Crippen LogP contribution >= 0.6 is 0 Å². The quantitative estimate of drug-likeness (QED) is 0.639. The van der Waals surface area contributed by atoms with E-state index in [-0.39, 0.29) is 0 Å². The molecule has 0 atom stereocenters. The molecule has 0 radical (unpaired) electrons. The lowest BCUT2D eigenvalue weighted by atomic mass is 9.99. The van der Waals surface area contributed by atoms with Gasteiger partial charge < -0.3 is 14.4 Å². The predicted molar refractivity (Wildman–Crippen MR) is 98.4 cm³/mol. The summed E-state index contributed by atoms with van der Waals surface area (Å²) in [7, 11) is 4.93. The van der Waals surface area contributed by atoms with Gasteiger partial charge in [0.1, 0.15) is 5.75 Å². The average Bonchev–Trinajstić information content (AvgIpc) is 2.80. The van der Waals surface area contributed by atoms with Crippen molar-refractivity contribution in [2.45, 2.75) is 0 Å². The number of nitrogens with zero attached hydrogens (tertiary/aromatic N) is 2. The van der Waals surface area contributed by atoms with E-state index in [0.29, 0.717) is 6.54 Å². The van der Waals surface area contributed by atoms with Crippen LogP contribution < -0.4 is 9.64 Å². The van der Waals surface area contributed by atoms with Gasteiger partial charge in [0.15, 0.2) is 0 Å². The maximum Gasteiger partial charge on any atom is 0.332 e. The number of esters is 1. The highest BCUT2D eigenvalue weighted by atomic mass is 16.5. The molecule has 0 N–H and O–H groups in total. The molecule has 3 rings (SSSR count). The highest BCUT2D eigenvalue weighted by molar-refractivity contribution is 6.18. The Kier molecular flexibility index (Phi) is 4.84. The molecular weight excluding hydrogens is 316 g/mol. The van der Waals surface area contributed by atoms with Gasteiger partial charge in [-0.1, -0.05) is 36.4 Å². The first-order chi connectivity index (χ1) is 12.2. The Labute approximate surface area is 147 Å². The van der Waals surface area contributed by atoms with E-state index in [2.05, 4.69) is 0 Å². The molecule has 2 aromatic carbocycles. The van der Waals surface area contributed by atoms with E-state index >= 15 is 0 Å². The number of fused-ring (bicyclic) bond motifs is 1. The van der Waals surface area contributed by atoms with E-state index in [4.69, 9.17) is 14.5 Å². The second-order valence-corrected chi connectivity index (χ2v) is 5.60. The number of likely N-dealkylation sites (N-methyl/N-ethyl adjacent to an activating group) is 1. The van der Waals surface area contributed by atoms with E-state index in [1.807, 2.05) is 60.5 Å². The number of hydrogen-bond acceptors (Lipinski definition) is 5. The maximum atomic E-state index is 11.7. The molecule has 128 valence electrons. The van der Waals surface area contributed by atoms with Crippen LogP contribution in [0.15, 0.2) is 65.3 Å². The van der Waals surface area contributed by atoms with Crippen LogP contribution in [0.25, 0.3) is 0 Å². The second kappa shape index (κ2) is 7.21. The zero-order valence-corrected chi connectivity index (χ0v) is 14.5. The van der Waals surface area contributed by atoms with Crippen molar-refractivity contribution >= 4 is 17.4 Å². The first kappa shape index (κ1) is 16.8. The van der Waals surface area contributed by atoms with Crippen LogP contribution in [0, 0.1) is 0 Å². The van der Waals surface area contributed by atoms with E-state index in [1.54, 1.807) is 7.11 Å². The van der Waals surface area contributed by atoms with Gasteiger partial charge >= 0.3 is 5.97 Å². The Morgan fingerprint density at radius 1 is 1.12 bits per heavy atom. The van der Waals surface area contributed by atoms with E-state index in [9.17, 15) is 4.79 Å². The molecule has 25 heavy (non-hydrogen) atoms. The second-order valence-electron chi connectivity index (χ2n) is 5.60. The van der Waals surface area contributed by atoms with Crippen molar-refractivity contribution < 1.29 is 14.3 Å². The molecule has 0 bridgehead atoms. The molecule has 1 aliphatic rings. The number of anilines is 1. The third-order valence-corrected chi connectivity index (χ3v) is 4.19. The van der Waals surface area contributed by atoms with Gasteiger partial charge in [-0.05, 0) is 12.1 Å². The lowest BCUT2D eigenvalue weighted by molar-refractivity contribution is -0.134. The Morgan fingerprint density at radius 3 is 2.56 bits per heavy atom. The van der Waals surface area contributed by atoms with Crippen molar-refractivity contribution in [3.05, 3.63) is 71.4 Å². The van der Waals surface area contributed by atoms with Crippen LogP contribution in [-0.4, -0.2) is 39.5 Å². The Morgan fingerprint density at radius 2 is 1.88 bits per heavy atom. The van der Waals surface area contributed by atoms with Crippen molar-refractivity contribution in [2.24, 2.45) is 4.99 Å². The number of aliphatic imine (C=N–C) groups is 1. The van der Waals surface area contributed by atoms with E-state index in [1.165, 1.54) is 13.2 Å². The minimum absolute atomic E-state index is 0.369. The fraction of sp³-hybridized carbons (Fsp3) is 0.200. The van der Waals surface area contributed by atoms with Gasteiger partial charge in [-0.25, -0.2) is 4.79 Å². The number of rotatable bonds is 3. The fourth-order valence-electron chi connectivity index (χ4n) is 2.88. The molecular formula is C20H20N2O3. The molecule has 5 nitrogen and oxygen atoms in total. The van der Waals surface area contributed by atoms with Gasteiger partial charge in [-0.15, -0.1) is 0 Å². The summed E-state index contributed by atoms with van der Waals surface area (Å²) in [4.78, 5) is 18.5. The van der Waals surface area contributed by atoms with Gasteiger partial charge in [0, 0.05) is 24.4 Å². The van der Waals surface area contributed by atoms with Gasteiger partial charge in [-0.2, -0.15) is 0 Å². The number of hydrogen-bond donors (Lipinski definition) is 0. The third-order valence-electron chi connectivity index (χ3n) is 4.19. The van der Waals surface area contributed by atoms with Gasteiger partial charge in [0.25, 0.3) is 0 Å². The van der Waals surface area contributed by atoms with Crippen molar-refractivity contribution in [3.63, 3.8) is 0 Å². The van der Waals surface area contributed by atoms with Gasteiger partial charge in [0.2, 0.25) is 0 Å². The van der Waals surface area contributed by atoms with Gasteiger partial charge in [0.05, 0.1) is 37.7 Å². The third kappa shape index (κ3) is 3.26. The summed E-state index contributed by atoms with van der Waals surface area (Å²) < 4.78 is 10.4. The molecule has 0 saturated carbocycles. The number of carbonyl (C=O) groups is 1. The van der Waals surface area contributed by atoms with Crippen molar-refractivity contribution in [1.82, 2.24) is 0 Å². The summed E-state index contributed by atoms with van der Waals surface area (Å²) in [5.41, 5.74) is 4.43. The summed E-state index contributed by atoms with van der Waals surface area (Å²) >= 11 is 0. The summed E-state index contributed by atoms with van der Waals surface area (Å²) in [5.74, 6) is 0.343. The number of carbonyl (C=O) groups excluding carboxylic acids is 1. The van der Waals surface area contributed by atoms with Gasteiger partial charge in [-0.3, -0.25) is 4.99 Å². The average molecular weight is 336 g/mol. The summed E-state index contributed by atoms with van der Waals surface area (Å²) in [5, 5.41) is 0. The minimum atomic E-state index is -0.398. The normalized spacial score (nSPS) is 15.2. The first-order valence-electron chi connectivity index (χ1n) is 7.95. The van der Waals surface area contributed by atoms with Crippen LogP contribution in [0.5, 0.6) is 5.75 Å². The summed E-state index contributed by atoms with van der Waals surface area (Å²) in [6, 6.07) is 15.8. The number of methoxy groups -OCH3 is 2. The van der Waals surface area contributed by atoms with E-state index < -0.39 is 5.97 Å². The maximum absolute atomic E-state index is 11.7. The zero-order valence-electron chi connectivity index (χ0n) is 14.5. The Balaban J connectivity index is 2.22. The zero-order chi connectivity index (χ0) is 17.8. The monoisotopic (exact) mass is 336 g/mol. The fourth-order valence-corrected chi connectivity index (χ4v) is 2.88. The molecule has 2 aromatic rings. The van der Waals surface area contributed by atoms with Crippen molar-refractivity contribution in [3.8, 4) is 5.75 Å². The molecule has 5 heteroatoms. The highest BCUT2D eigenvalue weighted by Gasteiger charge is 2.24. The molecule has 0 saturated heterocycles. The summed E-state index contributed by atoms with van der Waals surface area (Å²) in [6.45, 7) is 0.369. The molecule has 0 aliphatic carbocycles. The van der Waals surface area contributed by atoms with Crippen LogP contribution in [0.3, 0.4) is 0 Å². The van der Waals surface area contributed by atoms with Crippen LogP contribution in [0.1, 0.15) is 11.1 Å². The number of benzene rings is 2. The lowest BCUT2D eigenvalue weighted by Crippen LogP contribution is -2.20. The summed E-state index contributed by atoms with van der Waals surface area (Å²) in [6.07, 6.45) is 1.47. The van der Waals surface area contributed by atoms with Crippen LogP contribution in [0.2, 0.25) is 0 Å². The van der Waals surface area contributed by atoms with Crippen molar-refractivity contribution in [2.75, 3.05) is 32.7 Å². The first-order valence-corrected chi connectivity index (χ1v) is 7.95. The number of ether oxygens (including phenoxy) is 2. The molecule has 0 aromatic heterocycles. The molecule has 0 amide bonds. The topological polar surface area (TPSA) is 51.1 Å². The smallest absolute Gasteiger partial charge is 0.332 e. The lowest BCUT2D eigenvalue weighted by Gasteiger charge is -2.23. The standard InChI is InChI=1S/C20H20N2O3/c1-22-15(12-18(23)25-3)13-21-20(14-8-5-4-6-9-14)19-16(22)10-7-11-17(19)24-2/h4-12H,13H2,1-3H3/b15-12+. The van der Waals surface area contributed by atoms with Crippen molar-refractivity contribution in [1.29, 1.82) is 0 Å². The van der Waals surface area contributed by atoms with E-state index in [0.717, 1.165) is 34.0 Å². The van der Waals surface area contributed by atoms with Crippen LogP contribution in [-0.2, 0) is 9.53 Å².